The van der Waals surface area contributed by atoms with Crippen molar-refractivity contribution in [2.75, 3.05) is 13.2 Å². The molecule has 1 aromatic heterocycles. The number of ether oxygens (including phenoxy) is 3. The van der Waals surface area contributed by atoms with E-state index in [0.29, 0.717) is 13.0 Å². The van der Waals surface area contributed by atoms with Crippen LogP contribution in [0.5, 0.6) is 0 Å². The number of esters is 1. The minimum absolute atomic E-state index is 0.0523. The molecule has 1 aromatic carbocycles. The van der Waals surface area contributed by atoms with Gasteiger partial charge in [-0.3, -0.25) is 4.79 Å². The van der Waals surface area contributed by atoms with Crippen LogP contribution in [0, 0.1) is 11.6 Å². The molecule has 2 heterocycles. The highest BCUT2D eigenvalue weighted by Crippen LogP contribution is 2.39. The molecule has 0 spiro atoms. The Morgan fingerprint density at radius 3 is 2.30 bits per heavy atom. The van der Waals surface area contributed by atoms with Gasteiger partial charge in [-0.2, -0.15) is 0 Å². The number of fused-ring (bicyclic) bond motifs is 1. The Bertz CT molecular complexity index is 1530. The molecule has 240 valence electrons. The van der Waals surface area contributed by atoms with Crippen LogP contribution in [0.15, 0.2) is 23.1 Å². The first-order valence-corrected chi connectivity index (χ1v) is 14.9. The van der Waals surface area contributed by atoms with Gasteiger partial charge in [0.1, 0.15) is 16.8 Å². The molecule has 1 aliphatic heterocycles. The first-order valence-electron chi connectivity index (χ1n) is 14.9. The highest BCUT2D eigenvalue weighted by Gasteiger charge is 2.40. The molecule has 2 atom stereocenters. The molecule has 10 nitrogen and oxygen atoms in total. The van der Waals surface area contributed by atoms with Crippen molar-refractivity contribution in [3.8, 4) is 0 Å². The van der Waals surface area contributed by atoms with Crippen LogP contribution in [0.1, 0.15) is 96.1 Å². The van der Waals surface area contributed by atoms with Crippen LogP contribution in [0.2, 0.25) is 0 Å². The number of halogens is 2. The third-order valence-corrected chi connectivity index (χ3v) is 7.22. The summed E-state index contributed by atoms with van der Waals surface area (Å²) < 4.78 is 48.0. The Kier molecular flexibility index (Phi) is 9.41. The second-order valence-corrected chi connectivity index (χ2v) is 13.1. The van der Waals surface area contributed by atoms with Crippen LogP contribution in [0.3, 0.4) is 0 Å². The summed E-state index contributed by atoms with van der Waals surface area (Å²) in [5, 5.41) is 2.69. The van der Waals surface area contributed by atoms with Crippen molar-refractivity contribution < 1.29 is 37.4 Å². The fourth-order valence-electron chi connectivity index (χ4n) is 5.29. The number of benzene rings is 1. The van der Waals surface area contributed by atoms with Crippen molar-refractivity contribution >= 4 is 35.1 Å². The summed E-state index contributed by atoms with van der Waals surface area (Å²) in [6.07, 6.45) is 5.15. The summed E-state index contributed by atoms with van der Waals surface area (Å²) in [5.74, 6) is -3.22. The average Bonchev–Trinajstić information content (AvgIpc) is 3.66. The smallest absolute Gasteiger partial charge is 0.410 e. The fraction of sp³-hybridized carbons (Fsp3) is 0.562. The zero-order valence-corrected chi connectivity index (χ0v) is 26.3. The predicted molar refractivity (Wildman–Crippen MR) is 161 cm³/mol. The van der Waals surface area contributed by atoms with Gasteiger partial charge in [0.2, 0.25) is 5.43 Å². The number of amides is 2. The number of hydrogen-bond acceptors (Lipinski definition) is 7. The predicted octanol–water partition coefficient (Wildman–Crippen LogP) is 6.10. The largest absolute Gasteiger partial charge is 0.462 e. The maximum atomic E-state index is 15.4. The highest BCUT2D eigenvalue weighted by molar-refractivity contribution is 5.96. The second-order valence-electron chi connectivity index (χ2n) is 13.1. The number of aromatic nitrogens is 1. The van der Waals surface area contributed by atoms with Gasteiger partial charge >= 0.3 is 18.2 Å². The molecule has 0 radical (unpaired) electrons. The molecule has 1 aliphatic carbocycles. The monoisotopic (exact) mass is 617 g/mol. The number of likely N-dealkylation sites (tertiary alicyclic amines) is 1. The van der Waals surface area contributed by atoms with E-state index in [1.807, 2.05) is 0 Å². The molecule has 2 fully saturated rings. The second kappa shape index (κ2) is 12.6. The molecular weight excluding hydrogens is 576 g/mol. The van der Waals surface area contributed by atoms with Gasteiger partial charge in [0.05, 0.1) is 29.6 Å². The van der Waals surface area contributed by atoms with Gasteiger partial charge in [-0.1, -0.05) is 12.2 Å². The topological polar surface area (TPSA) is 116 Å². The maximum absolute atomic E-state index is 15.4. The number of rotatable bonds is 7. The van der Waals surface area contributed by atoms with Gasteiger partial charge in [0.15, 0.2) is 11.6 Å². The number of nitrogens with one attached hydrogen (secondary N) is 1. The number of alkyl carbamates (subject to hydrolysis) is 1. The molecular formula is C32H41F2N3O7. The Balaban J connectivity index is 1.72. The van der Waals surface area contributed by atoms with E-state index in [9.17, 15) is 23.6 Å². The van der Waals surface area contributed by atoms with Crippen molar-refractivity contribution in [1.82, 2.24) is 14.8 Å². The van der Waals surface area contributed by atoms with Crippen LogP contribution in [0.4, 0.5) is 18.4 Å². The number of carbonyl (C=O) groups is 3. The molecule has 1 N–H and O–H groups in total. The van der Waals surface area contributed by atoms with E-state index in [1.54, 1.807) is 59.1 Å². The Hall–Kier alpha value is -3.96. The third kappa shape index (κ3) is 7.57. The van der Waals surface area contributed by atoms with Crippen molar-refractivity contribution in [3.05, 3.63) is 51.3 Å². The van der Waals surface area contributed by atoms with E-state index in [2.05, 4.69) is 5.32 Å². The summed E-state index contributed by atoms with van der Waals surface area (Å²) >= 11 is 0. The lowest BCUT2D eigenvalue weighted by atomic mass is 10.0. The molecule has 0 bridgehead atoms. The van der Waals surface area contributed by atoms with E-state index < -0.39 is 58.5 Å². The molecule has 1 saturated heterocycles. The molecule has 44 heavy (non-hydrogen) atoms. The fourth-order valence-corrected chi connectivity index (χ4v) is 5.29. The van der Waals surface area contributed by atoms with E-state index in [0.717, 1.165) is 18.9 Å². The lowest BCUT2D eigenvalue weighted by Gasteiger charge is -2.30. The van der Waals surface area contributed by atoms with Gasteiger partial charge in [-0.15, -0.1) is 0 Å². The van der Waals surface area contributed by atoms with Crippen molar-refractivity contribution in [2.45, 2.75) is 103 Å². The van der Waals surface area contributed by atoms with E-state index in [1.165, 1.54) is 17.2 Å². The van der Waals surface area contributed by atoms with Gasteiger partial charge in [0, 0.05) is 24.3 Å². The van der Waals surface area contributed by atoms with Crippen LogP contribution in [-0.4, -0.2) is 64.1 Å². The SMILES string of the molecule is CCOC(=O)c1cn(C2CC2)c2c(/C=C\CC3[C@@H](NC(=O)OC(C)(C)C)CCN3C(=O)OC(C)(C)C)c(F)c(F)cc2c1=O. The molecule has 2 aromatic rings. The lowest BCUT2D eigenvalue weighted by molar-refractivity contribution is 0.0204. The van der Waals surface area contributed by atoms with Crippen LogP contribution < -0.4 is 10.7 Å². The maximum Gasteiger partial charge on any atom is 0.410 e. The van der Waals surface area contributed by atoms with E-state index in [-0.39, 0.29) is 41.1 Å². The molecule has 1 unspecified atom stereocenters. The Morgan fingerprint density at radius 1 is 1.05 bits per heavy atom. The average molecular weight is 618 g/mol. The van der Waals surface area contributed by atoms with Crippen LogP contribution >= 0.6 is 0 Å². The standard InChI is InChI=1S/C32H41F2N3O7/c1-8-42-28(39)21-17-37(18-12-13-18)26-19(25(34)22(33)16-20(26)27(21)38)10-9-11-24-23(35-29(40)43-31(2,3)4)14-15-36(24)30(41)44-32(5,6)7/h9-10,16-18,23-24H,8,11-15H2,1-7H3,(H,35,40)/b10-9-/t23-,24?/m0/s1. The summed E-state index contributed by atoms with van der Waals surface area (Å²) in [5.41, 5.74) is -2.48. The van der Waals surface area contributed by atoms with Crippen molar-refractivity contribution in [1.29, 1.82) is 0 Å². The molecule has 1 saturated carbocycles. The summed E-state index contributed by atoms with van der Waals surface area (Å²) in [7, 11) is 0. The number of nitrogens with zero attached hydrogens (tertiary/aromatic N) is 2. The van der Waals surface area contributed by atoms with Gasteiger partial charge in [-0.05, 0) is 80.2 Å². The first kappa shape index (κ1) is 32.9. The zero-order chi connectivity index (χ0) is 32.6. The molecule has 12 heteroatoms. The normalized spacial score (nSPS) is 19.0. The van der Waals surface area contributed by atoms with Crippen molar-refractivity contribution in [2.24, 2.45) is 0 Å². The summed E-state index contributed by atoms with van der Waals surface area (Å²) in [4.78, 5) is 53.0. The molecule has 4 rings (SSSR count). The zero-order valence-electron chi connectivity index (χ0n) is 26.3. The Labute approximate surface area is 255 Å². The van der Waals surface area contributed by atoms with E-state index >= 15 is 4.39 Å². The Morgan fingerprint density at radius 2 is 1.70 bits per heavy atom. The van der Waals surface area contributed by atoms with Crippen LogP contribution in [-0.2, 0) is 14.2 Å². The van der Waals surface area contributed by atoms with E-state index in [4.69, 9.17) is 14.2 Å². The van der Waals surface area contributed by atoms with Gasteiger partial charge in [-0.25, -0.2) is 23.2 Å². The first-order chi connectivity index (χ1) is 20.5. The quantitative estimate of drug-likeness (QED) is 0.295. The highest BCUT2D eigenvalue weighted by atomic mass is 19.2. The van der Waals surface area contributed by atoms with Gasteiger partial charge in [0.25, 0.3) is 0 Å². The number of pyridine rings is 1. The summed E-state index contributed by atoms with van der Waals surface area (Å²) in [6, 6.07) is -0.373. The minimum atomic E-state index is -1.24. The molecule has 2 aliphatic rings. The van der Waals surface area contributed by atoms with Gasteiger partial charge < -0.3 is 29.0 Å². The minimum Gasteiger partial charge on any atom is -0.462 e. The lowest BCUT2D eigenvalue weighted by Crippen LogP contribution is -2.48. The number of carbonyl (C=O) groups excluding carboxylic acids is 3. The van der Waals surface area contributed by atoms with Crippen LogP contribution in [0.25, 0.3) is 17.0 Å². The molecule has 2 amide bonds. The third-order valence-electron chi connectivity index (χ3n) is 7.22. The van der Waals surface area contributed by atoms with Crippen molar-refractivity contribution in [3.63, 3.8) is 0 Å². The summed E-state index contributed by atoms with van der Waals surface area (Å²) in [6.45, 7) is 12.4. The number of hydrogen-bond donors (Lipinski definition) is 1.